The molecule has 2 aliphatic carbocycles. The van der Waals surface area contributed by atoms with Gasteiger partial charge in [0.05, 0.1) is 0 Å². The molecule has 0 amide bonds. The zero-order valence-electron chi connectivity index (χ0n) is 15.8. The van der Waals surface area contributed by atoms with Crippen LogP contribution in [-0.2, 0) is 22.4 Å². The van der Waals surface area contributed by atoms with E-state index >= 15 is 0 Å². The van der Waals surface area contributed by atoms with Crippen molar-refractivity contribution in [3.8, 4) is 0 Å². The van der Waals surface area contributed by atoms with Crippen molar-refractivity contribution in [3.63, 3.8) is 0 Å². The van der Waals surface area contributed by atoms with Gasteiger partial charge in [-0.15, -0.1) is 0 Å². The summed E-state index contributed by atoms with van der Waals surface area (Å²) in [6, 6.07) is 8.68. The molecule has 0 saturated heterocycles. The van der Waals surface area contributed by atoms with Gasteiger partial charge in [0.15, 0.2) is 11.6 Å². The highest BCUT2D eigenvalue weighted by atomic mass is 16.1. The van der Waals surface area contributed by atoms with E-state index in [1.165, 1.54) is 21.9 Å². The molecule has 0 aromatic heterocycles. The molecule has 0 spiro atoms. The Morgan fingerprint density at radius 1 is 0.607 bits per heavy atom. The van der Waals surface area contributed by atoms with E-state index in [1.807, 2.05) is 0 Å². The highest BCUT2D eigenvalue weighted by Gasteiger charge is 2.29. The van der Waals surface area contributed by atoms with Crippen LogP contribution >= 0.6 is 0 Å². The molecule has 2 aromatic rings. The number of anilines is 2. The number of rotatable bonds is 0. The molecule has 4 heteroatoms. The van der Waals surface area contributed by atoms with Crippen molar-refractivity contribution in [1.82, 2.24) is 0 Å². The Balaban J connectivity index is 1.48. The maximum absolute atomic E-state index is 12.3. The quantitative estimate of drug-likeness (QED) is 0.700. The summed E-state index contributed by atoms with van der Waals surface area (Å²) in [7, 11) is 0. The SMILES string of the molecule is O=C1CCCC2=C1Cc1ccc3c4c(ccc3c1N2)CC1=C(CCCC1=O)N4. The van der Waals surface area contributed by atoms with Crippen molar-refractivity contribution < 1.29 is 9.59 Å². The zero-order valence-corrected chi connectivity index (χ0v) is 15.8. The summed E-state index contributed by atoms with van der Waals surface area (Å²) in [6.07, 6.45) is 6.62. The lowest BCUT2D eigenvalue weighted by Gasteiger charge is -2.31. The van der Waals surface area contributed by atoms with Crippen LogP contribution in [0.5, 0.6) is 0 Å². The second-order valence-electron chi connectivity index (χ2n) is 8.37. The van der Waals surface area contributed by atoms with Crippen LogP contribution in [0, 0.1) is 0 Å². The summed E-state index contributed by atoms with van der Waals surface area (Å²) >= 11 is 0. The second kappa shape index (κ2) is 5.81. The summed E-state index contributed by atoms with van der Waals surface area (Å²) in [6.45, 7) is 0. The van der Waals surface area contributed by atoms with Crippen molar-refractivity contribution in [1.29, 1.82) is 0 Å². The van der Waals surface area contributed by atoms with Crippen LogP contribution in [0.15, 0.2) is 46.8 Å². The minimum atomic E-state index is 0.299. The van der Waals surface area contributed by atoms with Gasteiger partial charge in [-0.3, -0.25) is 9.59 Å². The van der Waals surface area contributed by atoms with Crippen molar-refractivity contribution in [2.24, 2.45) is 0 Å². The molecule has 28 heavy (non-hydrogen) atoms. The number of allylic oxidation sites excluding steroid dienone is 4. The maximum atomic E-state index is 12.3. The number of ketones is 2. The van der Waals surface area contributed by atoms with E-state index < -0.39 is 0 Å². The van der Waals surface area contributed by atoms with E-state index in [0.29, 0.717) is 24.4 Å². The Labute approximate surface area is 163 Å². The summed E-state index contributed by atoms with van der Waals surface area (Å²) < 4.78 is 0. The molecule has 0 atom stereocenters. The number of fused-ring (bicyclic) bond motifs is 5. The number of Topliss-reactive ketones (excluding diaryl/α,β-unsaturated/α-hetero) is 2. The van der Waals surface area contributed by atoms with Crippen LogP contribution in [0.3, 0.4) is 0 Å². The topological polar surface area (TPSA) is 58.2 Å². The molecule has 2 aromatic carbocycles. The zero-order chi connectivity index (χ0) is 18.8. The third-order valence-electron chi connectivity index (χ3n) is 6.72. The largest absolute Gasteiger partial charge is 0.358 e. The average Bonchev–Trinajstić information content (AvgIpc) is 2.72. The smallest absolute Gasteiger partial charge is 0.160 e. The molecular formula is C24H22N2O2. The Morgan fingerprint density at radius 3 is 1.54 bits per heavy atom. The standard InChI is InChI=1S/C24H22N2O2/c27-21-5-1-3-19-17(21)11-13-7-10-16-15(23(13)25-19)9-8-14-12-18-20(26-24(14)16)4-2-6-22(18)28/h7-10,25-26H,1-6,11-12H2. The molecular weight excluding hydrogens is 348 g/mol. The predicted molar refractivity (Wildman–Crippen MR) is 110 cm³/mol. The summed E-state index contributed by atoms with van der Waals surface area (Å²) in [5.41, 5.74) is 8.88. The number of hydrogen-bond donors (Lipinski definition) is 2. The fourth-order valence-corrected chi connectivity index (χ4v) is 5.25. The Morgan fingerprint density at radius 2 is 1.07 bits per heavy atom. The van der Waals surface area contributed by atoms with E-state index in [1.54, 1.807) is 0 Å². The molecule has 2 heterocycles. The molecule has 0 radical (unpaired) electrons. The van der Waals surface area contributed by atoms with E-state index in [2.05, 4.69) is 34.9 Å². The fourth-order valence-electron chi connectivity index (χ4n) is 5.25. The van der Waals surface area contributed by atoms with Gasteiger partial charge in [0.1, 0.15) is 0 Å². The van der Waals surface area contributed by atoms with E-state index in [-0.39, 0.29) is 0 Å². The van der Waals surface area contributed by atoms with E-state index in [9.17, 15) is 9.59 Å². The van der Waals surface area contributed by atoms with Crippen LogP contribution in [0.25, 0.3) is 10.8 Å². The monoisotopic (exact) mass is 370 g/mol. The van der Waals surface area contributed by atoms with Gasteiger partial charge in [-0.05, 0) is 36.8 Å². The first-order valence-corrected chi connectivity index (χ1v) is 10.3. The first-order valence-electron chi connectivity index (χ1n) is 10.3. The van der Waals surface area contributed by atoms with E-state index in [0.717, 1.165) is 72.4 Å². The van der Waals surface area contributed by atoms with Crippen molar-refractivity contribution in [2.45, 2.75) is 51.4 Å². The van der Waals surface area contributed by atoms with Gasteiger partial charge in [-0.2, -0.15) is 0 Å². The van der Waals surface area contributed by atoms with Crippen LogP contribution in [0.1, 0.15) is 49.7 Å². The van der Waals surface area contributed by atoms with Gasteiger partial charge >= 0.3 is 0 Å². The minimum absolute atomic E-state index is 0.299. The van der Waals surface area contributed by atoms with Gasteiger partial charge in [0, 0.05) is 70.4 Å². The third kappa shape index (κ3) is 2.24. The van der Waals surface area contributed by atoms with Gasteiger partial charge in [-0.25, -0.2) is 0 Å². The normalized spacial score (nSPS) is 20.9. The number of carbonyl (C=O) groups excluding carboxylic acids is 2. The van der Waals surface area contributed by atoms with Gasteiger partial charge in [0.2, 0.25) is 0 Å². The van der Waals surface area contributed by atoms with E-state index in [4.69, 9.17) is 0 Å². The first-order chi connectivity index (χ1) is 13.7. The Kier molecular flexibility index (Phi) is 3.34. The minimum Gasteiger partial charge on any atom is -0.358 e. The summed E-state index contributed by atoms with van der Waals surface area (Å²) in [5.74, 6) is 0.598. The molecule has 2 aliphatic heterocycles. The van der Waals surface area contributed by atoms with Gasteiger partial charge in [-0.1, -0.05) is 24.3 Å². The number of benzene rings is 2. The lowest BCUT2D eigenvalue weighted by molar-refractivity contribution is -0.117. The molecule has 0 bridgehead atoms. The average molecular weight is 370 g/mol. The predicted octanol–water partition coefficient (Wildman–Crippen LogP) is 4.79. The maximum Gasteiger partial charge on any atom is 0.160 e. The Hall–Kier alpha value is -2.88. The Bertz CT molecular complexity index is 1060. The van der Waals surface area contributed by atoms with Crippen LogP contribution in [0.4, 0.5) is 11.4 Å². The lowest BCUT2D eigenvalue weighted by Crippen LogP contribution is -2.23. The molecule has 0 saturated carbocycles. The van der Waals surface area contributed by atoms with Gasteiger partial charge < -0.3 is 10.6 Å². The molecule has 0 fully saturated rings. The first kappa shape index (κ1) is 16.1. The van der Waals surface area contributed by atoms with Crippen LogP contribution in [0.2, 0.25) is 0 Å². The lowest BCUT2D eigenvalue weighted by atomic mass is 9.83. The third-order valence-corrected chi connectivity index (χ3v) is 6.72. The second-order valence-corrected chi connectivity index (χ2v) is 8.37. The summed E-state index contributed by atoms with van der Waals surface area (Å²) in [4.78, 5) is 24.6. The molecule has 6 rings (SSSR count). The molecule has 140 valence electrons. The fraction of sp³-hybridized carbons (Fsp3) is 0.333. The number of hydrogen-bond acceptors (Lipinski definition) is 4. The summed E-state index contributed by atoms with van der Waals surface area (Å²) in [5, 5.41) is 9.60. The van der Waals surface area contributed by atoms with Crippen molar-refractivity contribution in [3.05, 3.63) is 57.9 Å². The highest BCUT2D eigenvalue weighted by molar-refractivity contribution is 6.08. The van der Waals surface area contributed by atoms with Crippen LogP contribution in [-0.4, -0.2) is 11.6 Å². The molecule has 0 unspecified atom stereocenters. The number of carbonyl (C=O) groups is 2. The van der Waals surface area contributed by atoms with Crippen LogP contribution < -0.4 is 10.6 Å². The molecule has 4 aliphatic rings. The number of nitrogens with one attached hydrogen (secondary N) is 2. The van der Waals surface area contributed by atoms with Crippen molar-refractivity contribution in [2.75, 3.05) is 10.6 Å². The molecule has 4 nitrogen and oxygen atoms in total. The molecule has 2 N–H and O–H groups in total. The van der Waals surface area contributed by atoms with Gasteiger partial charge in [0.25, 0.3) is 0 Å². The highest BCUT2D eigenvalue weighted by Crippen LogP contribution is 2.43. The van der Waals surface area contributed by atoms with Crippen molar-refractivity contribution >= 4 is 33.7 Å².